The molecule has 0 saturated carbocycles. The van der Waals surface area contributed by atoms with E-state index < -0.39 is 6.10 Å². The number of ether oxygens (including phenoxy) is 1. The molecule has 2 N–H and O–H groups in total. The average Bonchev–Trinajstić information content (AvgIpc) is 2.38. The lowest BCUT2D eigenvalue weighted by Crippen LogP contribution is -2.34. The van der Waals surface area contributed by atoms with Crippen molar-refractivity contribution >= 4 is 5.91 Å². The summed E-state index contributed by atoms with van der Waals surface area (Å²) in [6.07, 6.45) is -0.495. The number of hydrogen-bond acceptors (Lipinski definition) is 3. The highest BCUT2D eigenvalue weighted by Gasteiger charge is 2.16. The minimum Gasteiger partial charge on any atom is -0.481 e. The van der Waals surface area contributed by atoms with Gasteiger partial charge in [0, 0.05) is 18.7 Å². The monoisotopic (exact) mass is 250 g/mol. The van der Waals surface area contributed by atoms with Gasteiger partial charge in [-0.05, 0) is 26.5 Å². The van der Waals surface area contributed by atoms with E-state index in [2.05, 4.69) is 24.5 Å². The number of carbonyl (C=O) groups excluding carboxylic acids is 1. The lowest BCUT2D eigenvalue weighted by atomic mass is 10.1. The first kappa shape index (κ1) is 14.5. The Bertz CT molecular complexity index is 393. The van der Waals surface area contributed by atoms with Crippen LogP contribution in [0.4, 0.5) is 0 Å². The van der Waals surface area contributed by atoms with E-state index in [0.29, 0.717) is 0 Å². The zero-order valence-electron chi connectivity index (χ0n) is 11.5. The molecular formula is C14H22N2O2. The van der Waals surface area contributed by atoms with Crippen LogP contribution in [0, 0.1) is 0 Å². The largest absolute Gasteiger partial charge is 0.481 e. The predicted molar refractivity (Wildman–Crippen MR) is 72.7 cm³/mol. The molecule has 0 aliphatic rings. The van der Waals surface area contributed by atoms with E-state index in [1.54, 1.807) is 14.0 Å². The normalized spacial score (nSPS) is 13.8. The number of carbonyl (C=O) groups is 1. The number of likely N-dealkylation sites (N-methyl/N-ethyl adjacent to an activating group) is 1. The average molecular weight is 250 g/mol. The van der Waals surface area contributed by atoms with E-state index in [-0.39, 0.29) is 11.9 Å². The Morgan fingerprint density at radius 3 is 2.61 bits per heavy atom. The van der Waals surface area contributed by atoms with Gasteiger partial charge in [0.05, 0.1) is 0 Å². The van der Waals surface area contributed by atoms with E-state index in [1.165, 1.54) is 0 Å². The van der Waals surface area contributed by atoms with Gasteiger partial charge < -0.3 is 15.4 Å². The molecule has 2 atom stereocenters. The lowest BCUT2D eigenvalue weighted by Gasteiger charge is -2.20. The maximum Gasteiger partial charge on any atom is 0.260 e. The molecule has 1 amide bonds. The van der Waals surface area contributed by atoms with Crippen molar-refractivity contribution < 1.29 is 9.53 Å². The van der Waals surface area contributed by atoms with Gasteiger partial charge >= 0.3 is 0 Å². The summed E-state index contributed by atoms with van der Waals surface area (Å²) in [6.45, 7) is 6.78. The van der Waals surface area contributed by atoms with Crippen LogP contribution in [0.15, 0.2) is 24.3 Å². The van der Waals surface area contributed by atoms with Crippen LogP contribution >= 0.6 is 0 Å². The van der Waals surface area contributed by atoms with Crippen LogP contribution in [-0.2, 0) is 4.79 Å². The summed E-state index contributed by atoms with van der Waals surface area (Å²) in [5.74, 6) is 0.628. The van der Waals surface area contributed by atoms with Gasteiger partial charge in [-0.15, -0.1) is 0 Å². The Morgan fingerprint density at radius 1 is 1.33 bits per heavy atom. The summed E-state index contributed by atoms with van der Waals surface area (Å²) in [6, 6.07) is 7.99. The van der Waals surface area contributed by atoms with Crippen molar-refractivity contribution in [3.05, 3.63) is 29.8 Å². The maximum atomic E-state index is 11.5. The van der Waals surface area contributed by atoms with E-state index in [1.807, 2.05) is 24.3 Å². The third-order valence-electron chi connectivity index (χ3n) is 2.82. The van der Waals surface area contributed by atoms with Gasteiger partial charge in [-0.2, -0.15) is 0 Å². The van der Waals surface area contributed by atoms with Gasteiger partial charge in [0.25, 0.3) is 5.91 Å². The van der Waals surface area contributed by atoms with Crippen LogP contribution in [0.25, 0.3) is 0 Å². The fourth-order valence-electron chi connectivity index (χ4n) is 1.81. The van der Waals surface area contributed by atoms with E-state index in [0.717, 1.165) is 17.9 Å². The van der Waals surface area contributed by atoms with Crippen LogP contribution in [0.3, 0.4) is 0 Å². The number of nitrogens with one attached hydrogen (secondary N) is 2. The molecule has 4 nitrogen and oxygen atoms in total. The van der Waals surface area contributed by atoms with Gasteiger partial charge in [-0.25, -0.2) is 0 Å². The van der Waals surface area contributed by atoms with Crippen LogP contribution in [0.1, 0.15) is 32.4 Å². The second kappa shape index (κ2) is 7.01. The Kier molecular flexibility index (Phi) is 5.65. The molecule has 0 aliphatic carbocycles. The van der Waals surface area contributed by atoms with Crippen molar-refractivity contribution in [1.29, 1.82) is 0 Å². The minimum absolute atomic E-state index is 0.124. The second-order valence-corrected chi connectivity index (χ2v) is 4.19. The highest BCUT2D eigenvalue weighted by Crippen LogP contribution is 2.25. The van der Waals surface area contributed by atoms with Gasteiger partial charge in [0.15, 0.2) is 6.10 Å². The molecule has 0 radical (unpaired) electrons. The minimum atomic E-state index is -0.495. The van der Waals surface area contributed by atoms with Gasteiger partial charge in [0.1, 0.15) is 5.75 Å². The molecule has 0 saturated heterocycles. The summed E-state index contributed by atoms with van der Waals surface area (Å²) < 4.78 is 5.71. The Morgan fingerprint density at radius 2 is 2.00 bits per heavy atom. The van der Waals surface area contributed by atoms with E-state index >= 15 is 0 Å². The standard InChI is InChI=1S/C14H22N2O2/c1-5-16-10(2)12-8-6-7-9-13(12)18-11(3)14(17)15-4/h6-11,16H,5H2,1-4H3,(H,15,17). The number of amides is 1. The Hall–Kier alpha value is -1.55. The third kappa shape index (κ3) is 3.74. The molecule has 2 unspecified atom stereocenters. The molecule has 0 heterocycles. The second-order valence-electron chi connectivity index (χ2n) is 4.19. The topological polar surface area (TPSA) is 50.4 Å². The molecule has 0 aromatic heterocycles. The molecule has 0 fully saturated rings. The van der Waals surface area contributed by atoms with Crippen LogP contribution in [-0.4, -0.2) is 25.6 Å². The first-order chi connectivity index (χ1) is 8.60. The van der Waals surface area contributed by atoms with Gasteiger partial charge in [-0.3, -0.25) is 4.79 Å². The number of hydrogen-bond donors (Lipinski definition) is 2. The smallest absolute Gasteiger partial charge is 0.260 e. The summed E-state index contributed by atoms with van der Waals surface area (Å²) in [5.41, 5.74) is 1.06. The molecule has 1 aromatic rings. The SMILES string of the molecule is CCNC(C)c1ccccc1OC(C)C(=O)NC. The Labute approximate surface area is 109 Å². The molecule has 100 valence electrons. The van der Waals surface area contributed by atoms with Crippen molar-refractivity contribution in [2.75, 3.05) is 13.6 Å². The molecule has 1 rings (SSSR count). The van der Waals surface area contributed by atoms with E-state index in [9.17, 15) is 4.79 Å². The summed E-state index contributed by atoms with van der Waals surface area (Å²) >= 11 is 0. The fraction of sp³-hybridized carbons (Fsp3) is 0.500. The van der Waals surface area contributed by atoms with Crippen molar-refractivity contribution in [3.63, 3.8) is 0 Å². The van der Waals surface area contributed by atoms with E-state index in [4.69, 9.17) is 4.74 Å². The molecule has 0 spiro atoms. The first-order valence-electron chi connectivity index (χ1n) is 6.30. The summed E-state index contributed by atoms with van der Waals surface area (Å²) in [7, 11) is 1.61. The summed E-state index contributed by atoms with van der Waals surface area (Å²) in [4.78, 5) is 11.5. The van der Waals surface area contributed by atoms with Gasteiger partial charge in [0.2, 0.25) is 0 Å². The zero-order valence-corrected chi connectivity index (χ0v) is 11.5. The number of rotatable bonds is 6. The predicted octanol–water partition coefficient (Wildman–Crippen LogP) is 1.87. The fourth-order valence-corrected chi connectivity index (χ4v) is 1.81. The molecule has 0 aliphatic heterocycles. The molecule has 4 heteroatoms. The molecule has 18 heavy (non-hydrogen) atoms. The first-order valence-corrected chi connectivity index (χ1v) is 6.30. The lowest BCUT2D eigenvalue weighted by molar-refractivity contribution is -0.126. The maximum absolute atomic E-state index is 11.5. The number of para-hydroxylation sites is 1. The molecular weight excluding hydrogens is 228 g/mol. The third-order valence-corrected chi connectivity index (χ3v) is 2.82. The zero-order chi connectivity index (χ0) is 13.5. The number of benzene rings is 1. The van der Waals surface area contributed by atoms with Crippen LogP contribution < -0.4 is 15.4 Å². The van der Waals surface area contributed by atoms with Crippen molar-refractivity contribution in [2.45, 2.75) is 32.9 Å². The van der Waals surface area contributed by atoms with Gasteiger partial charge in [-0.1, -0.05) is 25.1 Å². The quantitative estimate of drug-likeness (QED) is 0.810. The van der Waals surface area contributed by atoms with Crippen molar-refractivity contribution in [1.82, 2.24) is 10.6 Å². The Balaban J connectivity index is 2.85. The summed E-state index contributed by atoms with van der Waals surface area (Å²) in [5, 5.41) is 5.92. The molecule has 0 bridgehead atoms. The van der Waals surface area contributed by atoms with Crippen LogP contribution in [0.2, 0.25) is 0 Å². The highest BCUT2D eigenvalue weighted by atomic mass is 16.5. The van der Waals surface area contributed by atoms with Crippen molar-refractivity contribution in [2.24, 2.45) is 0 Å². The van der Waals surface area contributed by atoms with Crippen LogP contribution in [0.5, 0.6) is 5.75 Å². The van der Waals surface area contributed by atoms with Crippen molar-refractivity contribution in [3.8, 4) is 5.75 Å². The molecule has 1 aromatic carbocycles. The highest BCUT2D eigenvalue weighted by molar-refractivity contribution is 5.80.